The van der Waals surface area contributed by atoms with Gasteiger partial charge in [0, 0.05) is 27.8 Å². The Hall–Kier alpha value is -1.81. The number of benzene rings is 2. The number of rotatable bonds is 3. The van der Waals surface area contributed by atoms with E-state index >= 15 is 0 Å². The Kier molecular flexibility index (Phi) is 3.49. The van der Waals surface area contributed by atoms with Crippen molar-refractivity contribution in [2.75, 3.05) is 18.1 Å². The minimum absolute atomic E-state index is 0.199. The maximum atomic E-state index is 12.5. The molecule has 3 nitrogen and oxygen atoms in total. The Balaban J connectivity index is 1.79. The molecule has 2 aromatic rings. The molecule has 2 atom stereocenters. The van der Waals surface area contributed by atoms with Crippen LogP contribution in [0.4, 0.5) is 5.69 Å². The number of aryl methyl sites for hydroxylation is 1. The van der Waals surface area contributed by atoms with E-state index in [0.717, 1.165) is 27.5 Å². The minimum atomic E-state index is -1.03. The topological polar surface area (TPSA) is 52.3 Å². The fourth-order valence-corrected chi connectivity index (χ4v) is 3.80. The first-order valence-electron chi connectivity index (χ1n) is 6.61. The molecular weight excluding hydrogens is 270 g/mol. The van der Waals surface area contributed by atoms with Crippen molar-refractivity contribution < 1.29 is 8.95 Å². The second-order valence-electron chi connectivity index (χ2n) is 5.08. The van der Waals surface area contributed by atoms with Crippen LogP contribution in [-0.4, -0.2) is 16.6 Å². The fourth-order valence-electron chi connectivity index (χ4n) is 2.44. The summed E-state index contributed by atoms with van der Waals surface area (Å²) in [6, 6.07) is 13.6. The molecule has 0 aromatic heterocycles. The molecule has 1 heterocycles. The normalized spacial score (nSPS) is 18.4. The van der Waals surface area contributed by atoms with E-state index in [1.807, 2.05) is 43.3 Å². The number of ether oxygens (including phenoxy) is 1. The molecule has 104 valence electrons. The first-order valence-corrected chi connectivity index (χ1v) is 7.93. The molecule has 0 aliphatic carbocycles. The number of fused-ring (bicyclic) bond motifs is 1. The van der Waals surface area contributed by atoms with Crippen LogP contribution >= 0.6 is 0 Å². The summed E-state index contributed by atoms with van der Waals surface area (Å²) in [5.41, 5.74) is 8.66. The van der Waals surface area contributed by atoms with Crippen molar-refractivity contribution in [2.24, 2.45) is 0 Å². The summed E-state index contributed by atoms with van der Waals surface area (Å²) in [4.78, 5) is 0.834. The zero-order chi connectivity index (χ0) is 14.1. The summed E-state index contributed by atoms with van der Waals surface area (Å²) in [5.74, 6) is 1.70. The lowest BCUT2D eigenvalue weighted by molar-refractivity contribution is 0.338. The summed E-state index contributed by atoms with van der Waals surface area (Å²) in [6.07, 6.45) is 0. The minimum Gasteiger partial charge on any atom is -0.493 e. The highest BCUT2D eigenvalue weighted by Crippen LogP contribution is 2.34. The van der Waals surface area contributed by atoms with Crippen LogP contribution in [0.1, 0.15) is 17.0 Å². The Morgan fingerprint density at radius 2 is 2.10 bits per heavy atom. The Morgan fingerprint density at radius 3 is 2.90 bits per heavy atom. The van der Waals surface area contributed by atoms with Gasteiger partial charge in [-0.25, -0.2) is 0 Å². The van der Waals surface area contributed by atoms with Gasteiger partial charge in [-0.15, -0.1) is 0 Å². The molecule has 1 aliphatic rings. The number of nitrogens with two attached hydrogens (primary N) is 1. The van der Waals surface area contributed by atoms with Gasteiger partial charge in [0.1, 0.15) is 5.75 Å². The molecule has 2 aromatic carbocycles. The van der Waals surface area contributed by atoms with Gasteiger partial charge in [0.25, 0.3) is 0 Å². The number of anilines is 1. The Labute approximate surface area is 121 Å². The van der Waals surface area contributed by atoms with E-state index in [4.69, 9.17) is 10.5 Å². The number of hydrogen-bond acceptors (Lipinski definition) is 3. The van der Waals surface area contributed by atoms with E-state index < -0.39 is 10.8 Å². The maximum Gasteiger partial charge on any atom is 0.122 e. The third-order valence-corrected chi connectivity index (χ3v) is 5.14. The van der Waals surface area contributed by atoms with E-state index in [-0.39, 0.29) is 5.92 Å². The zero-order valence-electron chi connectivity index (χ0n) is 11.3. The SMILES string of the molecule is Cc1cc(S(=O)CC2COc3ccccc32)ccc1N. The first kappa shape index (κ1) is 13.2. The van der Waals surface area contributed by atoms with Gasteiger partial charge in [0.05, 0.1) is 17.4 Å². The highest BCUT2D eigenvalue weighted by Gasteiger charge is 2.25. The van der Waals surface area contributed by atoms with Crippen LogP contribution in [-0.2, 0) is 10.8 Å². The van der Waals surface area contributed by atoms with Gasteiger partial charge >= 0.3 is 0 Å². The van der Waals surface area contributed by atoms with Crippen molar-refractivity contribution in [3.8, 4) is 5.75 Å². The molecule has 0 saturated heterocycles. The highest BCUT2D eigenvalue weighted by molar-refractivity contribution is 7.85. The van der Waals surface area contributed by atoms with E-state index in [0.29, 0.717) is 12.4 Å². The van der Waals surface area contributed by atoms with E-state index in [2.05, 4.69) is 6.07 Å². The van der Waals surface area contributed by atoms with Crippen molar-refractivity contribution in [3.05, 3.63) is 53.6 Å². The van der Waals surface area contributed by atoms with E-state index in [9.17, 15) is 4.21 Å². The molecule has 0 fully saturated rings. The fraction of sp³-hybridized carbons (Fsp3) is 0.250. The average Bonchev–Trinajstić information content (AvgIpc) is 2.85. The molecule has 0 amide bonds. The summed E-state index contributed by atoms with van der Waals surface area (Å²) in [7, 11) is -1.03. The maximum absolute atomic E-state index is 12.5. The Bertz CT molecular complexity index is 669. The smallest absolute Gasteiger partial charge is 0.122 e. The van der Waals surface area contributed by atoms with Gasteiger partial charge in [0.15, 0.2) is 0 Å². The molecular formula is C16H17NO2S. The lowest BCUT2D eigenvalue weighted by atomic mass is 10.0. The van der Waals surface area contributed by atoms with Gasteiger partial charge in [-0.05, 0) is 36.8 Å². The molecule has 0 bridgehead atoms. The third kappa shape index (κ3) is 2.43. The molecule has 0 spiro atoms. The summed E-state index contributed by atoms with van der Waals surface area (Å²) < 4.78 is 18.1. The molecule has 2 unspecified atom stereocenters. The van der Waals surface area contributed by atoms with Crippen LogP contribution < -0.4 is 10.5 Å². The lowest BCUT2D eigenvalue weighted by Gasteiger charge is -2.10. The van der Waals surface area contributed by atoms with Crippen molar-refractivity contribution in [1.82, 2.24) is 0 Å². The second kappa shape index (κ2) is 5.29. The van der Waals surface area contributed by atoms with Crippen LogP contribution in [0.15, 0.2) is 47.4 Å². The van der Waals surface area contributed by atoms with Gasteiger partial charge in [-0.3, -0.25) is 4.21 Å². The van der Waals surface area contributed by atoms with Crippen LogP contribution in [0.25, 0.3) is 0 Å². The quantitative estimate of drug-likeness (QED) is 0.883. The predicted molar refractivity (Wildman–Crippen MR) is 81.5 cm³/mol. The second-order valence-corrected chi connectivity index (χ2v) is 6.57. The number of hydrogen-bond donors (Lipinski definition) is 1. The monoisotopic (exact) mass is 287 g/mol. The molecule has 1 aliphatic heterocycles. The zero-order valence-corrected chi connectivity index (χ0v) is 12.2. The van der Waals surface area contributed by atoms with Crippen LogP contribution in [0.3, 0.4) is 0 Å². The standard InChI is InChI=1S/C16H17NO2S/c1-11-8-13(6-7-15(11)17)20(18)10-12-9-19-16-5-3-2-4-14(12)16/h2-8,12H,9-10,17H2,1H3. The van der Waals surface area contributed by atoms with Crippen molar-refractivity contribution in [2.45, 2.75) is 17.7 Å². The first-order chi connectivity index (χ1) is 9.65. The van der Waals surface area contributed by atoms with E-state index in [1.165, 1.54) is 0 Å². The van der Waals surface area contributed by atoms with E-state index in [1.54, 1.807) is 0 Å². The Morgan fingerprint density at radius 1 is 1.30 bits per heavy atom. The van der Waals surface area contributed by atoms with Crippen LogP contribution in [0.5, 0.6) is 5.75 Å². The predicted octanol–water partition coefficient (Wildman–Crippen LogP) is 2.86. The van der Waals surface area contributed by atoms with Gasteiger partial charge < -0.3 is 10.5 Å². The molecule has 4 heteroatoms. The summed E-state index contributed by atoms with van der Waals surface area (Å²) in [6.45, 7) is 2.54. The van der Waals surface area contributed by atoms with Crippen LogP contribution in [0.2, 0.25) is 0 Å². The van der Waals surface area contributed by atoms with Gasteiger partial charge in [-0.2, -0.15) is 0 Å². The molecule has 0 radical (unpaired) electrons. The van der Waals surface area contributed by atoms with Crippen LogP contribution in [0, 0.1) is 6.92 Å². The third-order valence-electron chi connectivity index (χ3n) is 3.66. The number of para-hydroxylation sites is 1. The summed E-state index contributed by atoms with van der Waals surface area (Å²) >= 11 is 0. The number of nitrogen functional groups attached to an aromatic ring is 1. The molecule has 3 rings (SSSR count). The van der Waals surface area contributed by atoms with Crippen molar-refractivity contribution >= 4 is 16.5 Å². The molecule has 2 N–H and O–H groups in total. The average molecular weight is 287 g/mol. The lowest BCUT2D eigenvalue weighted by Crippen LogP contribution is -2.11. The van der Waals surface area contributed by atoms with Crippen molar-refractivity contribution in [1.29, 1.82) is 0 Å². The highest BCUT2D eigenvalue weighted by atomic mass is 32.2. The van der Waals surface area contributed by atoms with Gasteiger partial charge in [-0.1, -0.05) is 18.2 Å². The van der Waals surface area contributed by atoms with Crippen molar-refractivity contribution in [3.63, 3.8) is 0 Å². The molecule has 0 saturated carbocycles. The summed E-state index contributed by atoms with van der Waals surface area (Å²) in [5, 5.41) is 0. The molecule has 20 heavy (non-hydrogen) atoms. The van der Waals surface area contributed by atoms with Gasteiger partial charge in [0.2, 0.25) is 0 Å². The largest absolute Gasteiger partial charge is 0.493 e.